The minimum absolute atomic E-state index is 0.0519. The maximum Gasteiger partial charge on any atom is 0.236 e. The van der Waals surface area contributed by atoms with Crippen molar-refractivity contribution in [3.05, 3.63) is 0 Å². The van der Waals surface area contributed by atoms with Crippen LogP contribution in [-0.2, 0) is 4.79 Å². The van der Waals surface area contributed by atoms with Crippen LogP contribution < -0.4 is 5.32 Å². The fourth-order valence-electron chi connectivity index (χ4n) is 1.21. The highest BCUT2D eigenvalue weighted by atomic mass is 16.2. The van der Waals surface area contributed by atoms with Crippen molar-refractivity contribution in [1.82, 2.24) is 10.2 Å². The molecule has 0 aliphatic carbocycles. The molecule has 0 spiro atoms. The monoisotopic (exact) mass is 183 g/mol. The van der Waals surface area contributed by atoms with Gasteiger partial charge in [0.15, 0.2) is 0 Å². The zero-order valence-corrected chi connectivity index (χ0v) is 8.66. The Hall–Kier alpha value is -1.08. The normalized spacial score (nSPS) is 12.7. The molecule has 0 rings (SSSR count). The Labute approximate surface area is 79.5 Å². The highest BCUT2D eigenvalue weighted by molar-refractivity contribution is 5.81. The minimum atomic E-state index is -0.246. The van der Waals surface area contributed by atoms with Crippen molar-refractivity contribution in [1.29, 1.82) is 5.26 Å². The summed E-state index contributed by atoms with van der Waals surface area (Å²) in [5.41, 5.74) is 0. The second-order valence-corrected chi connectivity index (χ2v) is 3.21. The van der Waals surface area contributed by atoms with Gasteiger partial charge in [-0.1, -0.05) is 0 Å². The van der Waals surface area contributed by atoms with Crippen LogP contribution in [0.15, 0.2) is 0 Å². The lowest BCUT2D eigenvalue weighted by Gasteiger charge is -2.28. The predicted octanol–water partition coefficient (Wildman–Crippen LogP) is 0.355. The first kappa shape index (κ1) is 11.9. The van der Waals surface area contributed by atoms with Crippen LogP contribution >= 0.6 is 0 Å². The third kappa shape index (κ3) is 3.43. The van der Waals surface area contributed by atoms with Gasteiger partial charge in [0.2, 0.25) is 5.91 Å². The summed E-state index contributed by atoms with van der Waals surface area (Å²) >= 11 is 0. The highest BCUT2D eigenvalue weighted by Gasteiger charge is 2.21. The van der Waals surface area contributed by atoms with Crippen LogP contribution in [0.3, 0.4) is 0 Å². The van der Waals surface area contributed by atoms with Crippen LogP contribution in [0.1, 0.15) is 20.8 Å². The summed E-state index contributed by atoms with van der Waals surface area (Å²) in [6.45, 7) is 6.02. The van der Waals surface area contributed by atoms with Gasteiger partial charge in [0.25, 0.3) is 0 Å². The first-order valence-electron chi connectivity index (χ1n) is 4.38. The largest absolute Gasteiger partial charge is 0.358 e. The van der Waals surface area contributed by atoms with E-state index in [-0.39, 0.29) is 24.5 Å². The zero-order chi connectivity index (χ0) is 10.4. The molecule has 4 heteroatoms. The SMILES string of the molecule is CNC(=O)C(C)N(CC#N)C(C)C. The Kier molecular flexibility index (Phi) is 5.09. The zero-order valence-electron chi connectivity index (χ0n) is 8.66. The van der Waals surface area contributed by atoms with Crippen molar-refractivity contribution in [3.63, 3.8) is 0 Å². The number of carbonyl (C=O) groups is 1. The lowest BCUT2D eigenvalue weighted by Crippen LogP contribution is -2.47. The average molecular weight is 183 g/mol. The molecule has 0 saturated carbocycles. The maximum absolute atomic E-state index is 11.3. The molecule has 0 aromatic heterocycles. The van der Waals surface area contributed by atoms with E-state index in [1.54, 1.807) is 14.0 Å². The molecule has 0 aliphatic rings. The smallest absolute Gasteiger partial charge is 0.236 e. The Morgan fingerprint density at radius 1 is 1.54 bits per heavy atom. The number of nitrogens with one attached hydrogen (secondary N) is 1. The lowest BCUT2D eigenvalue weighted by molar-refractivity contribution is -0.125. The Morgan fingerprint density at radius 3 is 2.38 bits per heavy atom. The fourth-order valence-corrected chi connectivity index (χ4v) is 1.21. The molecule has 0 bridgehead atoms. The summed E-state index contributed by atoms with van der Waals surface area (Å²) < 4.78 is 0. The Balaban J connectivity index is 4.37. The molecule has 0 aromatic carbocycles. The summed E-state index contributed by atoms with van der Waals surface area (Å²) in [6.07, 6.45) is 0. The van der Waals surface area contributed by atoms with Gasteiger partial charge in [0.05, 0.1) is 18.7 Å². The molecule has 0 fully saturated rings. The van der Waals surface area contributed by atoms with Crippen molar-refractivity contribution in [2.45, 2.75) is 32.9 Å². The van der Waals surface area contributed by atoms with Gasteiger partial charge in [-0.2, -0.15) is 5.26 Å². The van der Waals surface area contributed by atoms with E-state index in [1.807, 2.05) is 18.7 Å². The molecule has 0 radical (unpaired) electrons. The third-order valence-corrected chi connectivity index (χ3v) is 2.04. The summed E-state index contributed by atoms with van der Waals surface area (Å²) in [7, 11) is 1.60. The summed E-state index contributed by atoms with van der Waals surface area (Å²) in [5.74, 6) is -0.0519. The third-order valence-electron chi connectivity index (χ3n) is 2.04. The van der Waals surface area contributed by atoms with Gasteiger partial charge in [-0.25, -0.2) is 0 Å². The summed E-state index contributed by atoms with van der Waals surface area (Å²) in [6, 6.07) is 2.01. The lowest BCUT2D eigenvalue weighted by atomic mass is 10.2. The first-order valence-corrected chi connectivity index (χ1v) is 4.38. The fraction of sp³-hybridized carbons (Fsp3) is 0.778. The molecule has 1 unspecified atom stereocenters. The number of carbonyl (C=O) groups excluding carboxylic acids is 1. The van der Waals surface area contributed by atoms with Gasteiger partial charge in [0.1, 0.15) is 0 Å². The van der Waals surface area contributed by atoms with E-state index in [0.29, 0.717) is 0 Å². The van der Waals surface area contributed by atoms with Crippen LogP contribution in [-0.4, -0.2) is 36.5 Å². The topological polar surface area (TPSA) is 56.1 Å². The molecule has 4 nitrogen and oxygen atoms in total. The van der Waals surface area contributed by atoms with Crippen molar-refractivity contribution in [2.24, 2.45) is 0 Å². The van der Waals surface area contributed by atoms with Crippen LogP contribution in [0.4, 0.5) is 0 Å². The van der Waals surface area contributed by atoms with Crippen LogP contribution in [0.2, 0.25) is 0 Å². The van der Waals surface area contributed by atoms with Gasteiger partial charge in [-0.15, -0.1) is 0 Å². The Morgan fingerprint density at radius 2 is 2.08 bits per heavy atom. The molecule has 0 saturated heterocycles. The van der Waals surface area contributed by atoms with Gasteiger partial charge >= 0.3 is 0 Å². The second kappa shape index (κ2) is 5.55. The molecule has 0 aliphatic heterocycles. The van der Waals surface area contributed by atoms with Gasteiger partial charge in [-0.05, 0) is 20.8 Å². The molecule has 0 heterocycles. The van der Waals surface area contributed by atoms with E-state index in [1.165, 1.54) is 0 Å². The second-order valence-electron chi connectivity index (χ2n) is 3.21. The van der Waals surface area contributed by atoms with Crippen molar-refractivity contribution in [2.75, 3.05) is 13.6 Å². The number of likely N-dealkylation sites (N-methyl/N-ethyl adjacent to an activating group) is 1. The number of hydrogen-bond acceptors (Lipinski definition) is 3. The van der Waals surface area contributed by atoms with Gasteiger partial charge in [-0.3, -0.25) is 9.69 Å². The van der Waals surface area contributed by atoms with Crippen LogP contribution in [0.25, 0.3) is 0 Å². The molecule has 0 aromatic rings. The maximum atomic E-state index is 11.3. The van der Waals surface area contributed by atoms with Crippen LogP contribution in [0.5, 0.6) is 0 Å². The standard InChI is InChI=1S/C9H17N3O/c1-7(2)12(6-5-10)8(3)9(13)11-4/h7-8H,6H2,1-4H3,(H,11,13). The minimum Gasteiger partial charge on any atom is -0.358 e. The molecule has 1 amide bonds. The molecule has 1 atom stereocenters. The molecule has 13 heavy (non-hydrogen) atoms. The summed E-state index contributed by atoms with van der Waals surface area (Å²) in [5, 5.41) is 11.1. The van der Waals surface area contributed by atoms with E-state index in [4.69, 9.17) is 5.26 Å². The number of amides is 1. The van der Waals surface area contributed by atoms with Crippen molar-refractivity contribution < 1.29 is 4.79 Å². The highest BCUT2D eigenvalue weighted by Crippen LogP contribution is 2.04. The van der Waals surface area contributed by atoms with Crippen molar-refractivity contribution in [3.8, 4) is 6.07 Å². The van der Waals surface area contributed by atoms with E-state index in [0.717, 1.165) is 0 Å². The summed E-state index contributed by atoms with van der Waals surface area (Å²) in [4.78, 5) is 13.1. The molecule has 74 valence electrons. The number of nitrogens with zero attached hydrogens (tertiary/aromatic N) is 2. The van der Waals surface area contributed by atoms with E-state index < -0.39 is 0 Å². The van der Waals surface area contributed by atoms with Crippen molar-refractivity contribution >= 4 is 5.91 Å². The first-order chi connectivity index (χ1) is 6.04. The number of nitriles is 1. The number of hydrogen-bond donors (Lipinski definition) is 1. The number of rotatable bonds is 4. The molecule has 1 N–H and O–H groups in total. The van der Waals surface area contributed by atoms with E-state index >= 15 is 0 Å². The van der Waals surface area contributed by atoms with Gasteiger partial charge in [0, 0.05) is 13.1 Å². The predicted molar refractivity (Wildman–Crippen MR) is 51.0 cm³/mol. The Bertz CT molecular complexity index is 207. The van der Waals surface area contributed by atoms with Gasteiger partial charge < -0.3 is 5.32 Å². The molecular weight excluding hydrogens is 166 g/mol. The van der Waals surface area contributed by atoms with Crippen LogP contribution in [0, 0.1) is 11.3 Å². The quantitative estimate of drug-likeness (QED) is 0.640. The molecular formula is C9H17N3O. The average Bonchev–Trinajstić information content (AvgIpc) is 2.11. The van der Waals surface area contributed by atoms with E-state index in [2.05, 4.69) is 11.4 Å². The van der Waals surface area contributed by atoms with E-state index in [9.17, 15) is 4.79 Å².